The second-order valence-electron chi connectivity index (χ2n) is 10.5. The summed E-state index contributed by atoms with van der Waals surface area (Å²) in [6, 6.07) is 26.6. The maximum absolute atomic E-state index is 7.50. The van der Waals surface area contributed by atoms with Gasteiger partial charge in [0.15, 0.2) is 0 Å². The molecule has 0 unspecified atom stereocenters. The third-order valence-corrected chi connectivity index (χ3v) is 17.9. The topological polar surface area (TPSA) is 99.5 Å². The summed E-state index contributed by atoms with van der Waals surface area (Å²) >= 11 is 4.20. The van der Waals surface area contributed by atoms with E-state index in [2.05, 4.69) is 157 Å². The zero-order chi connectivity index (χ0) is 33.1. The predicted molar refractivity (Wildman–Crippen MR) is 178 cm³/mol. The normalized spacial score (nSPS) is 9.33. The maximum Gasteiger partial charge on any atom is 0 e. The quantitative estimate of drug-likeness (QED) is 0.0986. The zero-order valence-corrected chi connectivity index (χ0v) is 32.6. The van der Waals surface area contributed by atoms with E-state index in [0.717, 1.165) is 0 Å². The Bertz CT molecular complexity index is 1480. The van der Waals surface area contributed by atoms with Crippen molar-refractivity contribution in [2.45, 2.75) is 46.2 Å². The van der Waals surface area contributed by atoms with Crippen molar-refractivity contribution in [1.29, 1.82) is 0 Å². The third kappa shape index (κ3) is 13.2. The van der Waals surface area contributed by atoms with Crippen molar-refractivity contribution in [3.05, 3.63) is 112 Å². The van der Waals surface area contributed by atoms with Crippen LogP contribution < -0.4 is 9.00 Å². The molecule has 0 saturated carbocycles. The summed E-state index contributed by atoms with van der Waals surface area (Å²) in [7, 11) is -2.89. The second-order valence-corrected chi connectivity index (χ2v) is 25.5. The Balaban J connectivity index is -0.000000749. The molecule has 222 valence electrons. The monoisotopic (exact) mass is 832 g/mol. The molecule has 0 aliphatic carbocycles. The van der Waals surface area contributed by atoms with Crippen LogP contribution in [-0.4, -0.2) is 16.1 Å². The molecule has 5 nitrogen and oxygen atoms in total. The molecule has 0 aliphatic heterocycles. The minimum absolute atomic E-state index is 0. The standard InChI is InChI=1S/C20H25PS2Si2.C7H8.5CO.W/c1-24(2,3)17-12-15-19(22-17)20-16(13-18(23-20)25(4,5)6)21(15)14-10-8-7-9-11-14;1-7-5-3-2-4-6-7;5*1-2;/h7-13H,1-6H3;2-6H,1H3;;;;;;. The summed E-state index contributed by atoms with van der Waals surface area (Å²) in [5.41, 5.74) is 1.32. The van der Waals surface area contributed by atoms with E-state index in [9.17, 15) is 0 Å². The van der Waals surface area contributed by atoms with E-state index in [4.69, 9.17) is 23.3 Å². The molecule has 11 heteroatoms. The summed E-state index contributed by atoms with van der Waals surface area (Å²) in [6.45, 7) is 39.4. The van der Waals surface area contributed by atoms with E-state index >= 15 is 0 Å². The van der Waals surface area contributed by atoms with Crippen molar-refractivity contribution >= 4 is 75.0 Å². The SMILES string of the molecule is C[Si](C)(C)c1cc2c(s1)c1sc([Si](C)(C)C)cc1p2-c1ccccc1.Cc1ccccc1.[C-]#[O+].[C-]#[O+].[C-]#[O+].[C-]#[O+].[C-]#[O+].[W]. The molecule has 43 heavy (non-hydrogen) atoms. The fourth-order valence-corrected chi connectivity index (χ4v) is 13.5. The van der Waals surface area contributed by atoms with E-state index in [-0.39, 0.29) is 28.6 Å². The van der Waals surface area contributed by atoms with Gasteiger partial charge in [0.25, 0.3) is 0 Å². The molecule has 5 rings (SSSR count). The zero-order valence-electron chi connectivity index (χ0n) is 25.1. The first kappa shape index (κ1) is 45.4. The van der Waals surface area contributed by atoms with Crippen molar-refractivity contribution in [3.8, 4) is 5.30 Å². The van der Waals surface area contributed by atoms with Gasteiger partial charge in [-0.1, -0.05) is 113 Å². The molecular formula is C32H33O5PS2Si2W. The fourth-order valence-electron chi connectivity index (χ4n) is 3.68. The van der Waals surface area contributed by atoms with Crippen LogP contribution in [0.25, 0.3) is 24.9 Å². The smallest absolute Gasteiger partial charge is 0 e. The van der Waals surface area contributed by atoms with Gasteiger partial charge in [-0.3, -0.25) is 0 Å². The van der Waals surface area contributed by atoms with Crippen molar-refractivity contribution in [1.82, 2.24) is 0 Å². The summed E-state index contributed by atoms with van der Waals surface area (Å²) in [5, 5.41) is 4.77. The molecule has 0 N–H and O–H groups in total. The first-order valence-electron chi connectivity index (χ1n) is 12.2. The van der Waals surface area contributed by atoms with E-state index in [0.29, 0.717) is 0 Å². The Labute approximate surface area is 280 Å². The summed E-state index contributed by atoms with van der Waals surface area (Å²) in [6.07, 6.45) is 0. The maximum atomic E-state index is 7.50. The van der Waals surface area contributed by atoms with Gasteiger partial charge in [-0.25, -0.2) is 0 Å². The van der Waals surface area contributed by atoms with Crippen LogP contribution in [0.15, 0.2) is 72.8 Å². The van der Waals surface area contributed by atoms with Crippen LogP contribution in [0.5, 0.6) is 0 Å². The third-order valence-electron chi connectivity index (χ3n) is 5.55. The van der Waals surface area contributed by atoms with Crippen molar-refractivity contribution in [2.24, 2.45) is 0 Å². The molecule has 0 fully saturated rings. The van der Waals surface area contributed by atoms with Crippen LogP contribution in [0.1, 0.15) is 5.56 Å². The molecule has 0 bridgehead atoms. The van der Waals surface area contributed by atoms with Gasteiger partial charge in [-0.05, 0) is 33.4 Å². The van der Waals surface area contributed by atoms with Crippen LogP contribution in [0.4, 0.5) is 0 Å². The van der Waals surface area contributed by atoms with Crippen molar-refractivity contribution in [3.63, 3.8) is 0 Å². The van der Waals surface area contributed by atoms with Gasteiger partial charge in [0.05, 0.1) is 25.5 Å². The number of fused-ring (bicyclic) bond motifs is 3. The number of aryl methyl sites for hydroxylation is 1. The Morgan fingerprint density at radius 2 is 0.837 bits per heavy atom. The molecule has 0 saturated heterocycles. The Morgan fingerprint density at radius 1 is 0.535 bits per heavy atom. The van der Waals surface area contributed by atoms with E-state index < -0.39 is 16.1 Å². The van der Waals surface area contributed by atoms with Crippen LogP contribution in [0.3, 0.4) is 0 Å². The molecule has 2 aromatic carbocycles. The Hall–Kier alpha value is -2.04. The van der Waals surface area contributed by atoms with Gasteiger partial charge in [-0.15, -0.1) is 22.7 Å². The first-order valence-corrected chi connectivity index (χ1v) is 22.2. The Morgan fingerprint density at radius 3 is 1.09 bits per heavy atom. The summed E-state index contributed by atoms with van der Waals surface area (Å²) < 4.78 is 44.0. The minimum Gasteiger partial charge on any atom is 0 e. The number of benzene rings is 2. The molecular weight excluding hydrogens is 799 g/mol. The average molecular weight is 833 g/mol. The van der Waals surface area contributed by atoms with Gasteiger partial charge in [0.1, 0.15) is 0 Å². The number of thiophene rings is 2. The molecule has 3 heterocycles. The largest absolute Gasteiger partial charge is 0 e. The number of hydrogen-bond donors (Lipinski definition) is 0. The van der Waals surface area contributed by atoms with Crippen LogP contribution in [-0.2, 0) is 44.3 Å². The van der Waals surface area contributed by atoms with Gasteiger partial charge in [0, 0.05) is 31.3 Å². The van der Waals surface area contributed by atoms with Gasteiger partial charge in [0.2, 0.25) is 0 Å². The van der Waals surface area contributed by atoms with E-state index in [1.807, 2.05) is 18.2 Å². The Kier molecular flexibility index (Phi) is 24.7. The number of hydrogen-bond acceptors (Lipinski definition) is 2. The molecule has 0 aliphatic rings. The van der Waals surface area contributed by atoms with Crippen LogP contribution in [0.2, 0.25) is 39.3 Å². The summed E-state index contributed by atoms with van der Waals surface area (Å²) in [5.74, 6) is 0. The van der Waals surface area contributed by atoms with Crippen LogP contribution in [0, 0.1) is 40.2 Å². The minimum atomic E-state index is -1.27. The molecule has 0 spiro atoms. The van der Waals surface area contributed by atoms with E-state index in [1.54, 1.807) is 28.6 Å². The van der Waals surface area contributed by atoms with Crippen LogP contribution >= 0.6 is 30.2 Å². The fraction of sp³-hybridized carbons (Fsp3) is 0.219. The van der Waals surface area contributed by atoms with Gasteiger partial charge < -0.3 is 0 Å². The molecule has 0 amide bonds. The van der Waals surface area contributed by atoms with Gasteiger partial charge >= 0.3 is 56.5 Å². The van der Waals surface area contributed by atoms with Gasteiger partial charge in [-0.2, -0.15) is 0 Å². The molecule has 0 radical (unpaired) electrons. The second kappa shape index (κ2) is 23.4. The first-order chi connectivity index (χ1) is 20.1. The predicted octanol–water partition coefficient (Wildman–Crippen LogP) is 8.99. The van der Waals surface area contributed by atoms with E-state index in [1.165, 1.54) is 10.9 Å². The van der Waals surface area contributed by atoms with Crippen molar-refractivity contribution < 1.29 is 44.3 Å². The number of rotatable bonds is 3. The summed E-state index contributed by atoms with van der Waals surface area (Å²) in [4.78, 5) is 0. The molecule has 5 aromatic rings. The molecule has 3 aromatic heterocycles. The average Bonchev–Trinajstić information content (AvgIpc) is 3.71. The van der Waals surface area contributed by atoms with Crippen molar-refractivity contribution in [2.75, 3.05) is 0 Å². The molecule has 0 atom stereocenters.